The number of hydrazine groups is 1. The summed E-state index contributed by atoms with van der Waals surface area (Å²) < 4.78 is 6.22. The molecule has 0 radical (unpaired) electrons. The van der Waals surface area contributed by atoms with Gasteiger partial charge in [-0.1, -0.05) is 66.4 Å². The second-order valence-electron chi connectivity index (χ2n) is 7.47. The van der Waals surface area contributed by atoms with Crippen molar-refractivity contribution in [3.05, 3.63) is 105 Å². The topological polar surface area (TPSA) is 58.6 Å². The highest BCUT2D eigenvalue weighted by atomic mass is 32.2. The molecular formula is C26H18N2O3S3. The number of nitrogens with one attached hydrogen (secondary N) is 1. The molecule has 4 aromatic rings. The van der Waals surface area contributed by atoms with Crippen LogP contribution in [0.25, 0.3) is 16.8 Å². The van der Waals surface area contributed by atoms with Crippen molar-refractivity contribution < 1.29 is 14.3 Å². The molecular weight excluding hydrogens is 484 g/mol. The molecule has 34 heavy (non-hydrogen) atoms. The highest BCUT2D eigenvalue weighted by Gasteiger charge is 2.33. The number of nitrogens with zero attached hydrogens (tertiary/aromatic N) is 1. The van der Waals surface area contributed by atoms with Crippen molar-refractivity contribution in [1.29, 1.82) is 0 Å². The number of hydrogen-bond donors (Lipinski definition) is 1. The zero-order valence-corrected chi connectivity index (χ0v) is 20.2. The predicted molar refractivity (Wildman–Crippen MR) is 142 cm³/mol. The fraction of sp³-hybridized carbons (Fsp3) is 0.0385. The van der Waals surface area contributed by atoms with E-state index in [-0.39, 0.29) is 16.1 Å². The molecule has 0 unspecified atom stereocenters. The van der Waals surface area contributed by atoms with Gasteiger partial charge in [-0.15, -0.1) is 11.3 Å². The van der Waals surface area contributed by atoms with Crippen LogP contribution in [0.15, 0.2) is 89.1 Å². The van der Waals surface area contributed by atoms with Gasteiger partial charge in [-0.3, -0.25) is 15.0 Å². The lowest BCUT2D eigenvalue weighted by Crippen LogP contribution is -2.44. The normalized spacial score (nSPS) is 14.7. The van der Waals surface area contributed by atoms with Gasteiger partial charge in [0.15, 0.2) is 4.32 Å². The number of amides is 2. The summed E-state index contributed by atoms with van der Waals surface area (Å²) in [7, 11) is 0. The van der Waals surface area contributed by atoms with Crippen LogP contribution in [-0.4, -0.2) is 21.1 Å². The van der Waals surface area contributed by atoms with Crippen LogP contribution in [0.5, 0.6) is 5.75 Å². The summed E-state index contributed by atoms with van der Waals surface area (Å²) in [5, 5.41) is 5.30. The van der Waals surface area contributed by atoms with E-state index in [0.717, 1.165) is 33.6 Å². The fourth-order valence-corrected chi connectivity index (χ4v) is 5.23. The van der Waals surface area contributed by atoms with E-state index < -0.39 is 0 Å². The zero-order valence-electron chi connectivity index (χ0n) is 17.8. The lowest BCUT2D eigenvalue weighted by atomic mass is 10.1. The minimum absolute atomic E-state index is 0.288. The summed E-state index contributed by atoms with van der Waals surface area (Å²) in [5.41, 5.74) is 4.51. The summed E-state index contributed by atoms with van der Waals surface area (Å²) in [6.45, 7) is 0.465. The summed E-state index contributed by atoms with van der Waals surface area (Å²) in [6, 6.07) is 25.5. The summed E-state index contributed by atoms with van der Waals surface area (Å²) in [6.07, 6.45) is 1.75. The van der Waals surface area contributed by atoms with Gasteiger partial charge < -0.3 is 4.74 Å². The van der Waals surface area contributed by atoms with E-state index >= 15 is 0 Å². The van der Waals surface area contributed by atoms with Gasteiger partial charge in [-0.2, -0.15) is 5.01 Å². The maximum atomic E-state index is 12.8. The fourth-order valence-electron chi connectivity index (χ4n) is 3.44. The van der Waals surface area contributed by atoms with Crippen molar-refractivity contribution in [1.82, 2.24) is 10.4 Å². The predicted octanol–water partition coefficient (Wildman–Crippen LogP) is 6.03. The Labute approximate surface area is 210 Å². The first-order valence-electron chi connectivity index (χ1n) is 10.4. The van der Waals surface area contributed by atoms with Crippen LogP contribution >= 0.6 is 35.3 Å². The van der Waals surface area contributed by atoms with Crippen molar-refractivity contribution in [3.8, 4) is 5.75 Å². The van der Waals surface area contributed by atoms with Gasteiger partial charge in [-0.05, 0) is 69.8 Å². The summed E-state index contributed by atoms with van der Waals surface area (Å²) in [4.78, 5) is 26.0. The Kier molecular flexibility index (Phi) is 6.44. The molecule has 0 aliphatic carbocycles. The number of thioether (sulfide) groups is 1. The Morgan fingerprint density at radius 2 is 1.79 bits per heavy atom. The van der Waals surface area contributed by atoms with E-state index in [1.165, 1.54) is 22.1 Å². The Morgan fingerprint density at radius 1 is 1.00 bits per heavy atom. The first-order valence-corrected chi connectivity index (χ1v) is 12.5. The molecule has 0 spiro atoms. The number of hydrogen-bond acceptors (Lipinski definition) is 6. The number of benzene rings is 3. The lowest BCUT2D eigenvalue weighted by Gasteiger charge is -2.14. The molecule has 5 rings (SSSR count). The molecule has 0 bridgehead atoms. The van der Waals surface area contributed by atoms with Crippen molar-refractivity contribution in [3.63, 3.8) is 0 Å². The smallest absolute Gasteiger partial charge is 0.285 e. The number of ether oxygens (including phenoxy) is 1. The summed E-state index contributed by atoms with van der Waals surface area (Å²) in [5.74, 6) is 0.0260. The molecule has 2 heterocycles. The van der Waals surface area contributed by atoms with Crippen molar-refractivity contribution in [2.75, 3.05) is 0 Å². The van der Waals surface area contributed by atoms with Gasteiger partial charge in [0.05, 0.1) is 9.78 Å². The van der Waals surface area contributed by atoms with Crippen molar-refractivity contribution >= 4 is 68.3 Å². The van der Waals surface area contributed by atoms with Gasteiger partial charge in [0.2, 0.25) is 0 Å². The highest BCUT2D eigenvalue weighted by molar-refractivity contribution is 8.26. The minimum atomic E-state index is -0.361. The Morgan fingerprint density at radius 3 is 2.56 bits per heavy atom. The van der Waals surface area contributed by atoms with E-state index in [0.29, 0.717) is 16.4 Å². The number of thiocarbonyl (C=S) groups is 1. The monoisotopic (exact) mass is 502 g/mol. The maximum Gasteiger partial charge on any atom is 0.285 e. The van der Waals surface area contributed by atoms with Gasteiger partial charge in [0, 0.05) is 0 Å². The third-order valence-electron chi connectivity index (χ3n) is 5.15. The minimum Gasteiger partial charge on any atom is -0.489 e. The maximum absolute atomic E-state index is 12.8. The first kappa shape index (κ1) is 22.3. The molecule has 1 N–H and O–H groups in total. The molecule has 1 fully saturated rings. The Balaban J connectivity index is 1.22. The van der Waals surface area contributed by atoms with Crippen LogP contribution in [0.2, 0.25) is 0 Å². The lowest BCUT2D eigenvalue weighted by molar-refractivity contribution is -0.123. The second kappa shape index (κ2) is 9.80. The molecule has 1 aromatic heterocycles. The third-order valence-corrected chi connectivity index (χ3v) is 7.32. The molecule has 1 aliphatic rings. The van der Waals surface area contributed by atoms with E-state index in [4.69, 9.17) is 17.0 Å². The number of carbonyl (C=O) groups excluding carboxylic acids is 2. The van der Waals surface area contributed by atoms with Gasteiger partial charge in [0.25, 0.3) is 11.8 Å². The van der Waals surface area contributed by atoms with Crippen LogP contribution < -0.4 is 10.2 Å². The average molecular weight is 503 g/mol. The van der Waals surface area contributed by atoms with Crippen LogP contribution in [0, 0.1) is 0 Å². The molecule has 0 atom stereocenters. The molecule has 3 aromatic carbocycles. The van der Waals surface area contributed by atoms with Crippen LogP contribution in [0.3, 0.4) is 0 Å². The van der Waals surface area contributed by atoms with E-state index in [2.05, 4.69) is 35.8 Å². The zero-order chi connectivity index (χ0) is 23.5. The average Bonchev–Trinajstić information content (AvgIpc) is 3.49. The van der Waals surface area contributed by atoms with Gasteiger partial charge in [0.1, 0.15) is 12.4 Å². The molecule has 5 nitrogen and oxygen atoms in total. The Bertz CT molecular complexity index is 1410. The number of fused-ring (bicyclic) bond motifs is 1. The van der Waals surface area contributed by atoms with Crippen LogP contribution in [0.1, 0.15) is 20.8 Å². The molecule has 8 heteroatoms. The molecule has 0 saturated carbocycles. The number of rotatable bonds is 6. The third kappa shape index (κ3) is 4.89. The molecule has 2 amide bonds. The summed E-state index contributed by atoms with van der Waals surface area (Å²) >= 11 is 7.74. The van der Waals surface area contributed by atoms with Crippen LogP contribution in [-0.2, 0) is 11.4 Å². The standard InChI is InChI=1S/C26H18N2O3S3/c29-24(22-6-3-13-33-22)27-28-25(30)23(34-26(28)32)15-17-8-11-21(12-9-17)31-16-18-7-10-19-4-1-2-5-20(19)14-18/h1-15H,16H2,(H,27,29)/b23-15-. The van der Waals surface area contributed by atoms with Gasteiger partial charge >= 0.3 is 0 Å². The number of thiophene rings is 1. The van der Waals surface area contributed by atoms with Crippen molar-refractivity contribution in [2.45, 2.75) is 6.61 Å². The highest BCUT2D eigenvalue weighted by Crippen LogP contribution is 2.32. The van der Waals surface area contributed by atoms with Gasteiger partial charge in [-0.25, -0.2) is 0 Å². The largest absolute Gasteiger partial charge is 0.489 e. The number of carbonyl (C=O) groups is 2. The van der Waals surface area contributed by atoms with E-state index in [1.807, 2.05) is 36.4 Å². The second-order valence-corrected chi connectivity index (χ2v) is 10.1. The van der Waals surface area contributed by atoms with E-state index in [1.54, 1.807) is 23.6 Å². The Hall–Kier alpha value is -3.46. The van der Waals surface area contributed by atoms with E-state index in [9.17, 15) is 9.59 Å². The molecule has 1 aliphatic heterocycles. The quantitative estimate of drug-likeness (QED) is 0.258. The SMILES string of the molecule is O=C(NN1C(=O)/C(=C/c2ccc(OCc3ccc4ccccc4c3)cc2)SC1=S)c1cccs1. The first-order chi connectivity index (χ1) is 16.6. The molecule has 168 valence electrons. The van der Waals surface area contributed by atoms with Crippen molar-refractivity contribution in [2.24, 2.45) is 0 Å². The van der Waals surface area contributed by atoms with Crippen LogP contribution in [0.4, 0.5) is 0 Å². The molecule has 1 saturated heterocycles.